The monoisotopic (exact) mass is 438 g/mol. The maximum absolute atomic E-state index is 13.2. The quantitative estimate of drug-likeness (QED) is 0.510. The summed E-state index contributed by atoms with van der Waals surface area (Å²) in [6.45, 7) is 1.39. The third kappa shape index (κ3) is 2.88. The van der Waals surface area contributed by atoms with Gasteiger partial charge in [0.25, 0.3) is 10.0 Å². The van der Waals surface area contributed by atoms with Gasteiger partial charge in [-0.15, -0.1) is 0 Å². The number of hydrogen-bond donors (Lipinski definition) is 2. The summed E-state index contributed by atoms with van der Waals surface area (Å²) >= 11 is 0. The molecule has 2 N–H and O–H groups in total. The molecule has 1 aromatic carbocycles. The zero-order chi connectivity index (χ0) is 21.1. The summed E-state index contributed by atoms with van der Waals surface area (Å²) in [6.07, 6.45) is 3.66. The third-order valence-electron chi connectivity index (χ3n) is 6.47. The molecule has 31 heavy (non-hydrogen) atoms. The number of ether oxygens (including phenoxy) is 1. The number of nitrogens with zero attached hydrogens (tertiary/aromatic N) is 2. The summed E-state index contributed by atoms with van der Waals surface area (Å²) in [6, 6.07) is 13.2. The molecule has 160 valence electrons. The second-order valence-electron chi connectivity index (χ2n) is 8.11. The van der Waals surface area contributed by atoms with Crippen LogP contribution in [0.3, 0.4) is 0 Å². The molecule has 9 heteroatoms. The normalized spacial score (nSPS) is 19.1. The van der Waals surface area contributed by atoms with E-state index in [1.807, 2.05) is 6.07 Å². The Morgan fingerprint density at radius 3 is 2.71 bits per heavy atom. The number of H-pyrrole nitrogens is 2. The molecule has 1 fully saturated rings. The summed E-state index contributed by atoms with van der Waals surface area (Å²) in [5.74, 6) is 0.447. The van der Waals surface area contributed by atoms with E-state index >= 15 is 0 Å². The van der Waals surface area contributed by atoms with Gasteiger partial charge in [0.15, 0.2) is 5.76 Å². The summed E-state index contributed by atoms with van der Waals surface area (Å²) in [5.41, 5.74) is 3.68. The predicted molar refractivity (Wildman–Crippen MR) is 114 cm³/mol. The summed E-state index contributed by atoms with van der Waals surface area (Å²) in [4.78, 5) is 3.56. The number of benzene rings is 1. The number of nitrogens with one attached hydrogen (secondary N) is 2. The highest BCUT2D eigenvalue weighted by Gasteiger charge is 2.45. The van der Waals surface area contributed by atoms with Gasteiger partial charge in [0, 0.05) is 30.2 Å². The van der Waals surface area contributed by atoms with Gasteiger partial charge in [-0.2, -0.15) is 9.40 Å². The fourth-order valence-corrected chi connectivity index (χ4v) is 6.23. The summed E-state index contributed by atoms with van der Waals surface area (Å²) < 4.78 is 39.8. The van der Waals surface area contributed by atoms with Gasteiger partial charge in [0.05, 0.1) is 12.3 Å². The lowest BCUT2D eigenvalue weighted by Gasteiger charge is -2.43. The average molecular weight is 439 g/mol. The van der Waals surface area contributed by atoms with E-state index in [2.05, 4.69) is 33.4 Å². The third-order valence-corrected chi connectivity index (χ3v) is 8.24. The number of piperidine rings is 1. The van der Waals surface area contributed by atoms with Gasteiger partial charge < -0.3 is 14.1 Å². The highest BCUT2D eigenvalue weighted by Crippen LogP contribution is 2.44. The maximum atomic E-state index is 13.2. The molecule has 5 heterocycles. The number of sulfonamides is 1. The van der Waals surface area contributed by atoms with Gasteiger partial charge in [0.2, 0.25) is 5.09 Å². The highest BCUT2D eigenvalue weighted by atomic mass is 32.2. The predicted octanol–water partition coefficient (Wildman–Crippen LogP) is 3.40. The van der Waals surface area contributed by atoms with Gasteiger partial charge in [-0.25, -0.2) is 8.42 Å². The van der Waals surface area contributed by atoms with Crippen LogP contribution in [-0.2, 0) is 26.8 Å². The molecule has 4 aromatic rings. The first-order valence-corrected chi connectivity index (χ1v) is 11.8. The van der Waals surface area contributed by atoms with Crippen molar-refractivity contribution in [3.05, 3.63) is 59.9 Å². The Bertz CT molecular complexity index is 1350. The molecule has 1 saturated heterocycles. The van der Waals surface area contributed by atoms with Crippen molar-refractivity contribution in [1.82, 2.24) is 19.5 Å². The lowest BCUT2D eigenvalue weighted by Crippen LogP contribution is -2.48. The minimum absolute atomic E-state index is 0.0519. The Hall–Kier alpha value is -2.88. The molecule has 0 aliphatic carbocycles. The number of aromatic nitrogens is 3. The van der Waals surface area contributed by atoms with Crippen molar-refractivity contribution in [3.63, 3.8) is 0 Å². The number of aromatic amines is 2. The fourth-order valence-electron chi connectivity index (χ4n) is 4.88. The molecule has 2 aliphatic heterocycles. The van der Waals surface area contributed by atoms with E-state index in [1.165, 1.54) is 21.3 Å². The zero-order valence-electron chi connectivity index (χ0n) is 16.8. The zero-order valence-corrected chi connectivity index (χ0v) is 17.6. The number of furan rings is 1. The first kappa shape index (κ1) is 18.9. The topological polar surface area (TPSA) is 104 Å². The van der Waals surface area contributed by atoms with Crippen molar-refractivity contribution in [2.45, 2.75) is 30.0 Å². The Balaban J connectivity index is 1.27. The average Bonchev–Trinajstić information content (AvgIpc) is 3.54. The molecular formula is C22H22N4O4S. The molecule has 0 saturated carbocycles. The molecule has 3 aromatic heterocycles. The Morgan fingerprint density at radius 2 is 1.90 bits per heavy atom. The molecule has 1 spiro atoms. The van der Waals surface area contributed by atoms with E-state index in [9.17, 15) is 8.42 Å². The second-order valence-corrected chi connectivity index (χ2v) is 9.98. The number of hydrogen-bond acceptors (Lipinski definition) is 5. The molecule has 0 radical (unpaired) electrons. The first-order valence-electron chi connectivity index (χ1n) is 10.4. The van der Waals surface area contributed by atoms with Crippen LogP contribution in [0.25, 0.3) is 22.4 Å². The molecule has 6 rings (SSSR count). The lowest BCUT2D eigenvalue weighted by molar-refractivity contribution is -0.0915. The van der Waals surface area contributed by atoms with E-state index in [0.717, 1.165) is 17.6 Å². The van der Waals surface area contributed by atoms with Crippen LogP contribution in [0.4, 0.5) is 0 Å². The van der Waals surface area contributed by atoms with E-state index in [0.29, 0.717) is 44.0 Å². The lowest BCUT2D eigenvalue weighted by atomic mass is 9.84. The van der Waals surface area contributed by atoms with Crippen molar-refractivity contribution in [1.29, 1.82) is 0 Å². The van der Waals surface area contributed by atoms with Crippen LogP contribution >= 0.6 is 0 Å². The number of para-hydroxylation sites is 1. The fraction of sp³-hybridized carbons (Fsp3) is 0.318. The van der Waals surface area contributed by atoms with Crippen LogP contribution in [0.5, 0.6) is 0 Å². The van der Waals surface area contributed by atoms with E-state index in [1.54, 1.807) is 18.3 Å². The Kier molecular flexibility index (Phi) is 4.14. The van der Waals surface area contributed by atoms with Crippen LogP contribution in [-0.4, -0.2) is 47.6 Å². The number of fused-ring (bicyclic) bond motifs is 4. The largest absolute Gasteiger partial charge is 0.442 e. The summed E-state index contributed by atoms with van der Waals surface area (Å²) in [7, 11) is -3.72. The maximum Gasteiger partial charge on any atom is 0.276 e. The van der Waals surface area contributed by atoms with Crippen molar-refractivity contribution in [3.8, 4) is 11.5 Å². The molecule has 0 atom stereocenters. The molecular weight excluding hydrogens is 416 g/mol. The minimum atomic E-state index is -3.72. The Morgan fingerprint density at radius 1 is 1.06 bits per heavy atom. The van der Waals surface area contributed by atoms with Crippen LogP contribution in [0, 0.1) is 0 Å². The van der Waals surface area contributed by atoms with E-state index < -0.39 is 15.6 Å². The van der Waals surface area contributed by atoms with Gasteiger partial charge in [-0.1, -0.05) is 18.2 Å². The Labute approximate surface area is 179 Å². The van der Waals surface area contributed by atoms with Crippen LogP contribution in [0.15, 0.2) is 58.2 Å². The molecule has 0 amide bonds. The smallest absolute Gasteiger partial charge is 0.276 e. The van der Waals surface area contributed by atoms with E-state index in [4.69, 9.17) is 9.15 Å². The van der Waals surface area contributed by atoms with Gasteiger partial charge in [-0.3, -0.25) is 5.10 Å². The SMILES string of the molecule is O=S(=O)(c1ccc(-c2ccn[nH]2)o1)N1CCC2(CC1)OCCc1c2[nH]c2ccccc12. The molecule has 8 nitrogen and oxygen atoms in total. The van der Waals surface area contributed by atoms with Gasteiger partial charge in [0.1, 0.15) is 11.3 Å². The highest BCUT2D eigenvalue weighted by molar-refractivity contribution is 7.89. The first-order chi connectivity index (χ1) is 15.1. The molecule has 0 unspecified atom stereocenters. The van der Waals surface area contributed by atoms with Gasteiger partial charge >= 0.3 is 0 Å². The minimum Gasteiger partial charge on any atom is -0.442 e. The second kappa shape index (κ2) is 6.81. The van der Waals surface area contributed by atoms with Crippen LogP contribution < -0.4 is 0 Å². The molecule has 2 aliphatic rings. The summed E-state index contributed by atoms with van der Waals surface area (Å²) in [5, 5.41) is 7.85. The number of rotatable bonds is 3. The van der Waals surface area contributed by atoms with Crippen molar-refractivity contribution < 1.29 is 17.6 Å². The van der Waals surface area contributed by atoms with E-state index in [-0.39, 0.29) is 5.09 Å². The standard InChI is InChI=1S/C22H22N4O4S/c27-31(28,20-6-5-19(30-20)18-7-11-23-25-18)26-12-9-22(10-13-26)21-16(8-14-29-22)15-3-1-2-4-17(15)24-21/h1-7,11,24H,8-10,12-14H2,(H,23,25). The van der Waals surface area contributed by atoms with Crippen molar-refractivity contribution in [2.75, 3.05) is 19.7 Å². The van der Waals surface area contributed by atoms with Crippen molar-refractivity contribution >= 4 is 20.9 Å². The van der Waals surface area contributed by atoms with Crippen LogP contribution in [0.1, 0.15) is 24.1 Å². The van der Waals surface area contributed by atoms with Crippen LogP contribution in [0.2, 0.25) is 0 Å². The van der Waals surface area contributed by atoms with Gasteiger partial charge in [-0.05, 0) is 49.1 Å². The molecule has 0 bridgehead atoms. The van der Waals surface area contributed by atoms with Crippen molar-refractivity contribution in [2.24, 2.45) is 0 Å².